The first-order valence-electron chi connectivity index (χ1n) is 12.5. The highest BCUT2D eigenvalue weighted by molar-refractivity contribution is 6.05. The van der Waals surface area contributed by atoms with E-state index < -0.39 is 17.5 Å². The fourth-order valence-corrected chi connectivity index (χ4v) is 4.91. The fourth-order valence-electron chi connectivity index (χ4n) is 4.91. The van der Waals surface area contributed by atoms with Crippen molar-refractivity contribution in [2.45, 2.75) is 25.4 Å². The second kappa shape index (κ2) is 11.1. The standard InChI is InChI=1S/C29H25F2N7O2/c1-16-22(30)3-4-23(31)27(16)28-35-9-7-25(36-28)29(40)37-24-5-2-17(21-13-34-8-6-18(21)12-32)10-26(24)38-14-19(33)11-20(38)15-39/h2-10,13,19-20,39H,11,14-15,33H2,1H3,(H,37,40)/t19-,20-/m0/s1. The van der Waals surface area contributed by atoms with E-state index in [0.29, 0.717) is 41.0 Å². The number of rotatable bonds is 6. The number of nitrogens with zero attached hydrogens (tertiary/aromatic N) is 5. The van der Waals surface area contributed by atoms with Crippen LogP contribution in [0.15, 0.2) is 61.1 Å². The van der Waals surface area contributed by atoms with Gasteiger partial charge >= 0.3 is 0 Å². The topological polar surface area (TPSA) is 141 Å². The second-order valence-corrected chi connectivity index (χ2v) is 9.50. The molecule has 5 rings (SSSR count). The van der Waals surface area contributed by atoms with Crippen LogP contribution in [0.2, 0.25) is 0 Å². The van der Waals surface area contributed by atoms with E-state index in [2.05, 4.69) is 26.3 Å². The predicted octanol–water partition coefficient (Wildman–Crippen LogP) is 3.81. The summed E-state index contributed by atoms with van der Waals surface area (Å²) in [5, 5.41) is 22.5. The second-order valence-electron chi connectivity index (χ2n) is 9.50. The van der Waals surface area contributed by atoms with E-state index in [1.807, 2.05) is 11.0 Å². The van der Waals surface area contributed by atoms with Gasteiger partial charge in [-0.15, -0.1) is 0 Å². The van der Waals surface area contributed by atoms with Crippen LogP contribution in [0.5, 0.6) is 0 Å². The highest BCUT2D eigenvalue weighted by atomic mass is 19.1. The van der Waals surface area contributed by atoms with Gasteiger partial charge in [0, 0.05) is 36.7 Å². The molecule has 9 nitrogen and oxygen atoms in total. The highest BCUT2D eigenvalue weighted by Crippen LogP contribution is 2.37. The number of aliphatic hydroxyl groups is 1. The molecule has 3 heterocycles. The Hall–Kier alpha value is -4.79. The number of halogens is 2. The summed E-state index contributed by atoms with van der Waals surface area (Å²) >= 11 is 0. The largest absolute Gasteiger partial charge is 0.394 e. The van der Waals surface area contributed by atoms with Crippen LogP contribution in [0.3, 0.4) is 0 Å². The number of nitrogens with one attached hydrogen (secondary N) is 1. The van der Waals surface area contributed by atoms with E-state index in [-0.39, 0.29) is 41.3 Å². The molecule has 1 saturated heterocycles. The van der Waals surface area contributed by atoms with Gasteiger partial charge in [0.05, 0.1) is 41.2 Å². The molecule has 1 amide bonds. The van der Waals surface area contributed by atoms with Crippen molar-refractivity contribution in [2.24, 2.45) is 5.73 Å². The number of hydrogen-bond acceptors (Lipinski definition) is 8. The Balaban J connectivity index is 1.54. The molecule has 2 atom stereocenters. The molecule has 0 saturated carbocycles. The summed E-state index contributed by atoms with van der Waals surface area (Å²) < 4.78 is 28.7. The Bertz CT molecular complexity index is 1640. The molecule has 40 heavy (non-hydrogen) atoms. The molecule has 0 unspecified atom stereocenters. The van der Waals surface area contributed by atoms with Crippen LogP contribution < -0.4 is 16.0 Å². The molecule has 4 aromatic rings. The monoisotopic (exact) mass is 541 g/mol. The lowest BCUT2D eigenvalue weighted by molar-refractivity contribution is 0.102. The van der Waals surface area contributed by atoms with Gasteiger partial charge in [0.25, 0.3) is 5.91 Å². The molecule has 1 fully saturated rings. The molecular formula is C29H25F2N7O2. The summed E-state index contributed by atoms with van der Waals surface area (Å²) in [7, 11) is 0. The zero-order valence-corrected chi connectivity index (χ0v) is 21.5. The van der Waals surface area contributed by atoms with Crippen molar-refractivity contribution in [1.82, 2.24) is 15.0 Å². The number of hydrogen-bond donors (Lipinski definition) is 3. The number of anilines is 2. The number of nitriles is 1. The summed E-state index contributed by atoms with van der Waals surface area (Å²) in [6.45, 7) is 1.71. The lowest BCUT2D eigenvalue weighted by Crippen LogP contribution is -2.33. The maximum Gasteiger partial charge on any atom is 0.274 e. The first-order chi connectivity index (χ1) is 19.3. The minimum Gasteiger partial charge on any atom is -0.394 e. The third kappa shape index (κ3) is 5.10. The van der Waals surface area contributed by atoms with Gasteiger partial charge in [-0.25, -0.2) is 18.7 Å². The van der Waals surface area contributed by atoms with Crippen LogP contribution in [0.25, 0.3) is 22.5 Å². The van der Waals surface area contributed by atoms with Crippen molar-refractivity contribution in [2.75, 3.05) is 23.4 Å². The molecule has 4 N–H and O–H groups in total. The number of carbonyl (C=O) groups is 1. The van der Waals surface area contributed by atoms with E-state index >= 15 is 0 Å². The molecule has 0 bridgehead atoms. The SMILES string of the molecule is Cc1c(F)ccc(F)c1-c1nccc(C(=O)Nc2ccc(-c3cnccc3C#N)cc2N2C[C@@H](N)C[C@H]2CO)n1. The number of aromatic nitrogens is 3. The lowest BCUT2D eigenvalue weighted by Gasteiger charge is -2.28. The normalized spacial score (nSPS) is 16.6. The van der Waals surface area contributed by atoms with Gasteiger partial charge in [0.1, 0.15) is 17.3 Å². The highest BCUT2D eigenvalue weighted by Gasteiger charge is 2.32. The maximum absolute atomic E-state index is 14.5. The minimum atomic E-state index is -0.707. The number of carbonyl (C=O) groups excluding carboxylic acids is 1. The van der Waals surface area contributed by atoms with Crippen LogP contribution in [0.4, 0.5) is 20.2 Å². The van der Waals surface area contributed by atoms with Crippen LogP contribution >= 0.6 is 0 Å². The Morgan fingerprint density at radius 2 is 2.00 bits per heavy atom. The van der Waals surface area contributed by atoms with Gasteiger partial charge in [-0.1, -0.05) is 6.07 Å². The van der Waals surface area contributed by atoms with Crippen molar-refractivity contribution in [3.63, 3.8) is 0 Å². The number of amides is 1. The third-order valence-electron chi connectivity index (χ3n) is 6.93. The lowest BCUT2D eigenvalue weighted by atomic mass is 10.0. The zero-order valence-electron chi connectivity index (χ0n) is 21.5. The number of aliphatic hydroxyl groups excluding tert-OH is 1. The van der Waals surface area contributed by atoms with Crippen molar-refractivity contribution in [1.29, 1.82) is 5.26 Å². The van der Waals surface area contributed by atoms with E-state index in [1.165, 1.54) is 25.4 Å². The fraction of sp³-hybridized carbons (Fsp3) is 0.207. The van der Waals surface area contributed by atoms with Gasteiger partial charge in [0.2, 0.25) is 0 Å². The van der Waals surface area contributed by atoms with Crippen molar-refractivity contribution >= 4 is 17.3 Å². The molecule has 0 radical (unpaired) electrons. The zero-order chi connectivity index (χ0) is 28.4. The van der Waals surface area contributed by atoms with E-state index in [1.54, 1.807) is 24.4 Å². The van der Waals surface area contributed by atoms with Gasteiger partial charge < -0.3 is 21.1 Å². The quantitative estimate of drug-likeness (QED) is 0.335. The van der Waals surface area contributed by atoms with Crippen LogP contribution in [-0.4, -0.2) is 51.2 Å². The Morgan fingerprint density at radius 1 is 1.20 bits per heavy atom. The first-order valence-corrected chi connectivity index (χ1v) is 12.5. The Kier molecular flexibility index (Phi) is 7.46. The van der Waals surface area contributed by atoms with Crippen LogP contribution in [-0.2, 0) is 0 Å². The number of benzene rings is 2. The third-order valence-corrected chi connectivity index (χ3v) is 6.93. The van der Waals surface area contributed by atoms with Crippen molar-refractivity contribution in [3.8, 4) is 28.6 Å². The summed E-state index contributed by atoms with van der Waals surface area (Å²) in [4.78, 5) is 27.7. The van der Waals surface area contributed by atoms with Gasteiger partial charge in [-0.05, 0) is 60.9 Å². The average molecular weight is 542 g/mol. The summed E-state index contributed by atoms with van der Waals surface area (Å²) in [5.74, 6) is -2.05. The Morgan fingerprint density at radius 3 is 2.77 bits per heavy atom. The molecule has 11 heteroatoms. The first kappa shape index (κ1) is 26.8. The van der Waals surface area contributed by atoms with Crippen molar-refractivity contribution < 1.29 is 18.7 Å². The van der Waals surface area contributed by atoms with Gasteiger partial charge in [-0.3, -0.25) is 9.78 Å². The molecule has 202 valence electrons. The minimum absolute atomic E-state index is 0.0305. The predicted molar refractivity (Wildman–Crippen MR) is 145 cm³/mol. The number of nitrogens with two attached hydrogens (primary N) is 1. The summed E-state index contributed by atoms with van der Waals surface area (Å²) in [5.41, 5.74) is 8.80. The van der Waals surface area contributed by atoms with Gasteiger partial charge in [-0.2, -0.15) is 5.26 Å². The maximum atomic E-state index is 14.5. The summed E-state index contributed by atoms with van der Waals surface area (Å²) in [6.07, 6.45) is 4.98. The van der Waals surface area contributed by atoms with Crippen LogP contribution in [0, 0.1) is 29.9 Å². The smallest absolute Gasteiger partial charge is 0.274 e. The molecule has 1 aliphatic rings. The molecule has 0 spiro atoms. The number of pyridine rings is 1. The molecular weight excluding hydrogens is 516 g/mol. The van der Waals surface area contributed by atoms with E-state index in [9.17, 15) is 23.9 Å². The van der Waals surface area contributed by atoms with Gasteiger partial charge in [0.15, 0.2) is 5.82 Å². The molecule has 1 aliphatic heterocycles. The van der Waals surface area contributed by atoms with E-state index in [4.69, 9.17) is 5.73 Å². The van der Waals surface area contributed by atoms with Crippen molar-refractivity contribution in [3.05, 3.63) is 89.5 Å². The average Bonchev–Trinajstić information content (AvgIpc) is 3.36. The molecule has 2 aromatic carbocycles. The summed E-state index contributed by atoms with van der Waals surface area (Å²) in [6, 6.07) is 11.9. The van der Waals surface area contributed by atoms with Crippen LogP contribution in [0.1, 0.15) is 28.0 Å². The Labute approximate surface area is 229 Å². The van der Waals surface area contributed by atoms with E-state index in [0.717, 1.165) is 12.1 Å². The molecule has 2 aromatic heterocycles. The molecule has 0 aliphatic carbocycles.